The van der Waals surface area contributed by atoms with E-state index in [-0.39, 0.29) is 19.3 Å². The quantitative estimate of drug-likeness (QED) is 0.827. The molecule has 0 spiro atoms. The standard InChI is InChI=1S/C21H32N2O5/c1-3-27-20(24)22-9-7-18(8-10-22)23-11-12-26-15-21(25,14-23)16-28-19-6-4-5-17(2)13-19/h4-6,13,18,25H,3,7-12,14-16H2,1-2H3/t21-/m1/s1. The first kappa shape index (κ1) is 20.9. The first-order valence-electron chi connectivity index (χ1n) is 10.1. The normalized spacial score (nSPS) is 24.6. The van der Waals surface area contributed by atoms with Crippen molar-refractivity contribution in [1.82, 2.24) is 9.80 Å². The first-order chi connectivity index (χ1) is 13.5. The lowest BCUT2D eigenvalue weighted by Crippen LogP contribution is -2.54. The molecule has 156 valence electrons. The fraction of sp³-hybridized carbons (Fsp3) is 0.667. The smallest absolute Gasteiger partial charge is 0.409 e. The van der Waals surface area contributed by atoms with Gasteiger partial charge in [0.1, 0.15) is 18.0 Å². The Morgan fingerprint density at radius 3 is 2.82 bits per heavy atom. The average Bonchev–Trinajstić information content (AvgIpc) is 2.89. The zero-order valence-corrected chi connectivity index (χ0v) is 16.9. The van der Waals surface area contributed by atoms with Crippen LogP contribution in [0.4, 0.5) is 4.79 Å². The Bertz CT molecular complexity index is 647. The Morgan fingerprint density at radius 1 is 1.32 bits per heavy atom. The van der Waals surface area contributed by atoms with Crippen molar-refractivity contribution >= 4 is 6.09 Å². The predicted molar refractivity (Wildman–Crippen MR) is 106 cm³/mol. The van der Waals surface area contributed by atoms with Crippen LogP contribution in [0.3, 0.4) is 0 Å². The van der Waals surface area contributed by atoms with Crippen LogP contribution in [-0.2, 0) is 9.47 Å². The van der Waals surface area contributed by atoms with Crippen molar-refractivity contribution < 1.29 is 24.1 Å². The van der Waals surface area contributed by atoms with Crippen LogP contribution < -0.4 is 4.74 Å². The number of benzene rings is 1. The second kappa shape index (κ2) is 9.58. The van der Waals surface area contributed by atoms with Gasteiger partial charge in [-0.05, 0) is 44.4 Å². The number of β-amino-alcohol motifs (C(OH)–C–C–N with tert-alkyl or cyclic N) is 1. The summed E-state index contributed by atoms with van der Waals surface area (Å²) in [6.07, 6.45) is 1.50. The molecule has 1 atom stereocenters. The van der Waals surface area contributed by atoms with Crippen molar-refractivity contribution in [3.63, 3.8) is 0 Å². The number of hydrogen-bond acceptors (Lipinski definition) is 6. The van der Waals surface area contributed by atoms with Gasteiger partial charge < -0.3 is 24.2 Å². The van der Waals surface area contributed by atoms with Crippen molar-refractivity contribution in [2.24, 2.45) is 0 Å². The number of ether oxygens (including phenoxy) is 3. The van der Waals surface area contributed by atoms with Gasteiger partial charge in [0.2, 0.25) is 0 Å². The third-order valence-electron chi connectivity index (χ3n) is 5.39. The number of piperidine rings is 1. The molecule has 2 aliphatic heterocycles. The largest absolute Gasteiger partial charge is 0.490 e. The topological polar surface area (TPSA) is 71.5 Å². The summed E-state index contributed by atoms with van der Waals surface area (Å²) >= 11 is 0. The molecule has 2 fully saturated rings. The minimum Gasteiger partial charge on any atom is -0.490 e. The monoisotopic (exact) mass is 392 g/mol. The highest BCUT2D eigenvalue weighted by Crippen LogP contribution is 2.23. The Morgan fingerprint density at radius 2 is 2.11 bits per heavy atom. The first-order valence-corrected chi connectivity index (χ1v) is 10.1. The molecule has 2 saturated heterocycles. The van der Waals surface area contributed by atoms with E-state index < -0.39 is 5.60 Å². The van der Waals surface area contributed by atoms with Crippen LogP contribution in [0.1, 0.15) is 25.3 Å². The van der Waals surface area contributed by atoms with Crippen LogP contribution in [0.25, 0.3) is 0 Å². The minimum atomic E-state index is -1.06. The highest BCUT2D eigenvalue weighted by atomic mass is 16.6. The number of aryl methyl sites for hydroxylation is 1. The summed E-state index contributed by atoms with van der Waals surface area (Å²) < 4.78 is 16.6. The zero-order valence-electron chi connectivity index (χ0n) is 16.9. The highest BCUT2D eigenvalue weighted by Gasteiger charge is 2.37. The molecule has 1 N–H and O–H groups in total. The number of hydrogen-bond donors (Lipinski definition) is 1. The average molecular weight is 392 g/mol. The molecule has 28 heavy (non-hydrogen) atoms. The molecule has 7 nitrogen and oxygen atoms in total. The molecule has 2 aliphatic rings. The molecule has 1 aromatic rings. The lowest BCUT2D eigenvalue weighted by Gasteiger charge is -2.39. The van der Waals surface area contributed by atoms with E-state index in [2.05, 4.69) is 4.90 Å². The maximum Gasteiger partial charge on any atom is 0.409 e. The van der Waals surface area contributed by atoms with Crippen molar-refractivity contribution in [2.75, 3.05) is 52.6 Å². The van der Waals surface area contributed by atoms with Gasteiger partial charge in [-0.3, -0.25) is 4.90 Å². The van der Waals surface area contributed by atoms with Gasteiger partial charge in [0.15, 0.2) is 0 Å². The van der Waals surface area contributed by atoms with Gasteiger partial charge in [0.05, 0.1) is 19.8 Å². The lowest BCUT2D eigenvalue weighted by molar-refractivity contribution is -0.0688. The van der Waals surface area contributed by atoms with Crippen molar-refractivity contribution in [3.05, 3.63) is 29.8 Å². The third-order valence-corrected chi connectivity index (χ3v) is 5.39. The van der Waals surface area contributed by atoms with Gasteiger partial charge in [-0.15, -0.1) is 0 Å². The number of rotatable bonds is 5. The number of carbonyl (C=O) groups is 1. The molecule has 0 aromatic heterocycles. The van der Waals surface area contributed by atoms with E-state index in [4.69, 9.17) is 14.2 Å². The molecule has 2 heterocycles. The molecule has 0 bridgehead atoms. The van der Waals surface area contributed by atoms with Gasteiger partial charge in [0, 0.05) is 32.2 Å². The third kappa shape index (κ3) is 5.59. The van der Waals surface area contributed by atoms with Gasteiger partial charge in [0.25, 0.3) is 0 Å². The molecular formula is C21H32N2O5. The summed E-state index contributed by atoms with van der Waals surface area (Å²) in [6.45, 7) is 7.91. The summed E-state index contributed by atoms with van der Waals surface area (Å²) in [6, 6.07) is 8.14. The Balaban J connectivity index is 1.55. The minimum absolute atomic E-state index is 0.189. The van der Waals surface area contributed by atoms with Gasteiger partial charge >= 0.3 is 6.09 Å². The number of likely N-dealkylation sites (tertiary alicyclic amines) is 1. The Hall–Kier alpha value is -1.83. The van der Waals surface area contributed by atoms with Crippen molar-refractivity contribution in [2.45, 2.75) is 38.3 Å². The second-order valence-electron chi connectivity index (χ2n) is 7.77. The van der Waals surface area contributed by atoms with Crippen molar-refractivity contribution in [3.8, 4) is 5.75 Å². The summed E-state index contributed by atoms with van der Waals surface area (Å²) in [5.41, 5.74) is 0.0648. The van der Waals surface area contributed by atoms with Crippen LogP contribution in [0, 0.1) is 6.92 Å². The summed E-state index contributed by atoms with van der Waals surface area (Å²) in [4.78, 5) is 15.9. The number of carbonyl (C=O) groups excluding carboxylic acids is 1. The van der Waals surface area contributed by atoms with Crippen LogP contribution in [0.15, 0.2) is 24.3 Å². The summed E-state index contributed by atoms with van der Waals surface area (Å²) in [5.74, 6) is 0.756. The Kier molecular flexibility index (Phi) is 7.15. The molecule has 0 saturated carbocycles. The van der Waals surface area contributed by atoms with Crippen LogP contribution in [0.5, 0.6) is 5.75 Å². The number of nitrogens with zero attached hydrogens (tertiary/aromatic N) is 2. The molecule has 0 radical (unpaired) electrons. The van der Waals surface area contributed by atoms with E-state index in [1.807, 2.05) is 38.1 Å². The van der Waals surface area contributed by atoms with Crippen molar-refractivity contribution in [1.29, 1.82) is 0 Å². The van der Waals surface area contributed by atoms with E-state index in [9.17, 15) is 9.90 Å². The molecule has 0 aliphatic carbocycles. The van der Waals surface area contributed by atoms with E-state index in [0.29, 0.717) is 38.9 Å². The maximum atomic E-state index is 11.9. The predicted octanol–water partition coefficient (Wildman–Crippen LogP) is 2.06. The molecular weight excluding hydrogens is 360 g/mol. The van der Waals surface area contributed by atoms with E-state index in [0.717, 1.165) is 30.7 Å². The molecule has 7 heteroatoms. The second-order valence-corrected chi connectivity index (χ2v) is 7.77. The molecule has 3 rings (SSSR count). The highest BCUT2D eigenvalue weighted by molar-refractivity contribution is 5.67. The number of amides is 1. The van der Waals surface area contributed by atoms with Gasteiger partial charge in [-0.25, -0.2) is 4.79 Å². The SMILES string of the molecule is CCOC(=O)N1CCC(N2CCOC[C@@](O)(COc3cccc(C)c3)C2)CC1. The van der Waals surface area contributed by atoms with Gasteiger partial charge in [-0.2, -0.15) is 0 Å². The summed E-state index contributed by atoms with van der Waals surface area (Å²) in [7, 11) is 0. The summed E-state index contributed by atoms with van der Waals surface area (Å²) in [5, 5.41) is 11.1. The van der Waals surface area contributed by atoms with E-state index in [1.165, 1.54) is 0 Å². The van der Waals surface area contributed by atoms with Crippen LogP contribution in [0.2, 0.25) is 0 Å². The van der Waals surface area contributed by atoms with E-state index in [1.54, 1.807) is 4.90 Å². The van der Waals surface area contributed by atoms with Crippen LogP contribution >= 0.6 is 0 Å². The van der Waals surface area contributed by atoms with Crippen LogP contribution in [-0.4, -0.2) is 85.2 Å². The molecule has 1 aromatic carbocycles. The van der Waals surface area contributed by atoms with Gasteiger partial charge in [-0.1, -0.05) is 12.1 Å². The molecule has 0 unspecified atom stereocenters. The van der Waals surface area contributed by atoms with E-state index >= 15 is 0 Å². The maximum absolute atomic E-state index is 11.9. The fourth-order valence-corrected chi connectivity index (χ4v) is 3.90. The Labute approximate surface area is 167 Å². The number of aliphatic hydroxyl groups is 1. The zero-order chi connectivity index (χ0) is 20.0. The fourth-order valence-electron chi connectivity index (χ4n) is 3.90. The molecule has 1 amide bonds. The lowest BCUT2D eigenvalue weighted by atomic mass is 10.00.